The summed E-state index contributed by atoms with van der Waals surface area (Å²) in [6, 6.07) is 7.99. The van der Waals surface area contributed by atoms with Gasteiger partial charge in [0.1, 0.15) is 0 Å². The molecule has 88 valence electrons. The molecule has 0 saturated carbocycles. The number of carbonyl (C=O) groups excluding carboxylic acids is 1. The van der Waals surface area contributed by atoms with Crippen molar-refractivity contribution in [1.82, 2.24) is 4.90 Å². The zero-order chi connectivity index (χ0) is 12.3. The molecule has 0 unspecified atom stereocenters. The van der Waals surface area contributed by atoms with E-state index in [9.17, 15) is 4.79 Å². The molecule has 2 rings (SSSR count). The van der Waals surface area contributed by atoms with E-state index >= 15 is 0 Å². The molecule has 0 fully saturated rings. The highest BCUT2D eigenvalue weighted by atomic mass is 32.1. The minimum absolute atomic E-state index is 0.0616. The highest BCUT2D eigenvalue weighted by molar-refractivity contribution is 7.22. The third kappa shape index (κ3) is 3.05. The monoisotopic (exact) mass is 263 g/mol. The van der Waals surface area contributed by atoms with Crippen molar-refractivity contribution < 1.29 is 4.79 Å². The van der Waals surface area contributed by atoms with Gasteiger partial charge in [-0.3, -0.25) is 4.79 Å². The van der Waals surface area contributed by atoms with Gasteiger partial charge >= 0.3 is 0 Å². The third-order valence-electron chi connectivity index (χ3n) is 2.14. The van der Waals surface area contributed by atoms with Crippen LogP contribution in [-0.4, -0.2) is 24.8 Å². The predicted octanol–water partition coefficient (Wildman–Crippen LogP) is 3.73. The lowest BCUT2D eigenvalue weighted by Crippen LogP contribution is -2.02. The predicted molar refractivity (Wildman–Crippen MR) is 74.8 cm³/mol. The fourth-order valence-electron chi connectivity index (χ4n) is 1.32. The number of hydrogen-bond acceptors (Lipinski definition) is 4. The molecule has 2 aromatic rings. The fourth-order valence-corrected chi connectivity index (χ4v) is 3.08. The molecule has 0 amide bonds. The van der Waals surface area contributed by atoms with Crippen LogP contribution in [-0.2, 0) is 0 Å². The van der Waals surface area contributed by atoms with E-state index in [4.69, 9.17) is 0 Å². The largest absolute Gasteiger partial charge is 0.383 e. The zero-order valence-corrected chi connectivity index (χ0v) is 11.3. The summed E-state index contributed by atoms with van der Waals surface area (Å²) in [4.78, 5) is 16.8. The van der Waals surface area contributed by atoms with Crippen LogP contribution in [0.2, 0.25) is 0 Å². The minimum Gasteiger partial charge on any atom is -0.383 e. The van der Waals surface area contributed by atoms with E-state index in [2.05, 4.69) is 6.07 Å². The number of thiophene rings is 2. The lowest BCUT2D eigenvalue weighted by molar-refractivity contribution is 0.104. The standard InChI is InChI=1S/C13H13NOS2/c1-14(2)8-7-10(15)11-5-6-13(17-11)12-4-3-9-16-12/h3-9H,1-2H3. The van der Waals surface area contributed by atoms with Gasteiger partial charge in [0.05, 0.1) is 4.88 Å². The maximum Gasteiger partial charge on any atom is 0.197 e. The van der Waals surface area contributed by atoms with E-state index in [0.29, 0.717) is 0 Å². The van der Waals surface area contributed by atoms with Crippen LogP contribution < -0.4 is 0 Å². The van der Waals surface area contributed by atoms with Crippen molar-refractivity contribution >= 4 is 28.5 Å². The number of hydrogen-bond donors (Lipinski definition) is 0. The summed E-state index contributed by atoms with van der Waals surface area (Å²) in [5.41, 5.74) is 0. The first kappa shape index (κ1) is 12.1. The van der Waals surface area contributed by atoms with Gasteiger partial charge in [0, 0.05) is 36.1 Å². The van der Waals surface area contributed by atoms with Crippen LogP contribution in [0, 0.1) is 0 Å². The molecule has 2 aromatic heterocycles. The van der Waals surface area contributed by atoms with Gasteiger partial charge in [-0.05, 0) is 23.6 Å². The molecule has 4 heteroatoms. The van der Waals surface area contributed by atoms with Crippen molar-refractivity contribution in [2.75, 3.05) is 14.1 Å². The van der Waals surface area contributed by atoms with E-state index in [0.717, 1.165) is 9.75 Å². The molecule has 0 aromatic carbocycles. The van der Waals surface area contributed by atoms with Gasteiger partial charge in [0.25, 0.3) is 0 Å². The molecule has 0 radical (unpaired) electrons. The topological polar surface area (TPSA) is 20.3 Å². The van der Waals surface area contributed by atoms with Gasteiger partial charge in [0.15, 0.2) is 5.78 Å². The second kappa shape index (κ2) is 5.29. The van der Waals surface area contributed by atoms with Crippen LogP contribution in [0.5, 0.6) is 0 Å². The van der Waals surface area contributed by atoms with Crippen LogP contribution in [0.1, 0.15) is 9.67 Å². The Labute approximate surface area is 109 Å². The number of allylic oxidation sites excluding steroid dienone is 1. The SMILES string of the molecule is CN(C)C=CC(=O)c1ccc(-c2cccs2)s1. The summed E-state index contributed by atoms with van der Waals surface area (Å²) < 4.78 is 0. The fraction of sp³-hybridized carbons (Fsp3) is 0.154. The smallest absolute Gasteiger partial charge is 0.197 e. The van der Waals surface area contributed by atoms with Gasteiger partial charge < -0.3 is 4.90 Å². The Bertz CT molecular complexity index is 523. The number of rotatable bonds is 4. The van der Waals surface area contributed by atoms with Gasteiger partial charge in [-0.15, -0.1) is 22.7 Å². The van der Waals surface area contributed by atoms with E-state index in [1.165, 1.54) is 4.88 Å². The van der Waals surface area contributed by atoms with Crippen molar-refractivity contribution in [3.63, 3.8) is 0 Å². The molecule has 0 saturated heterocycles. The molecule has 2 heterocycles. The first-order valence-corrected chi connectivity index (χ1v) is 6.89. The molecular weight excluding hydrogens is 250 g/mol. The Kier molecular flexibility index (Phi) is 3.76. The molecule has 0 N–H and O–H groups in total. The van der Waals surface area contributed by atoms with Gasteiger partial charge in [-0.2, -0.15) is 0 Å². The Morgan fingerprint density at radius 3 is 2.71 bits per heavy atom. The summed E-state index contributed by atoms with van der Waals surface area (Å²) in [5, 5.41) is 2.04. The van der Waals surface area contributed by atoms with Crippen LogP contribution >= 0.6 is 22.7 Å². The van der Waals surface area contributed by atoms with Crippen LogP contribution in [0.25, 0.3) is 9.75 Å². The van der Waals surface area contributed by atoms with Crippen molar-refractivity contribution in [2.24, 2.45) is 0 Å². The highest BCUT2D eigenvalue weighted by Crippen LogP contribution is 2.31. The summed E-state index contributed by atoms with van der Waals surface area (Å²) >= 11 is 3.23. The summed E-state index contributed by atoms with van der Waals surface area (Å²) in [7, 11) is 3.80. The highest BCUT2D eigenvalue weighted by Gasteiger charge is 2.08. The average Bonchev–Trinajstić information content (AvgIpc) is 2.94. The van der Waals surface area contributed by atoms with Crippen LogP contribution in [0.3, 0.4) is 0 Å². The van der Waals surface area contributed by atoms with Crippen molar-refractivity contribution in [3.8, 4) is 9.75 Å². The van der Waals surface area contributed by atoms with Gasteiger partial charge in [0.2, 0.25) is 0 Å². The normalized spacial score (nSPS) is 10.9. The Hall–Kier alpha value is -1.39. The Morgan fingerprint density at radius 2 is 2.06 bits per heavy atom. The first-order valence-electron chi connectivity index (χ1n) is 5.19. The molecule has 0 atom stereocenters. The second-order valence-corrected chi connectivity index (χ2v) is 5.82. The van der Waals surface area contributed by atoms with Crippen molar-refractivity contribution in [3.05, 3.63) is 46.8 Å². The van der Waals surface area contributed by atoms with E-state index < -0.39 is 0 Å². The molecule has 17 heavy (non-hydrogen) atoms. The Balaban J connectivity index is 2.16. The summed E-state index contributed by atoms with van der Waals surface area (Å²) in [5.74, 6) is 0.0616. The lowest BCUT2D eigenvalue weighted by atomic mass is 10.3. The van der Waals surface area contributed by atoms with Crippen LogP contribution in [0.4, 0.5) is 0 Å². The lowest BCUT2D eigenvalue weighted by Gasteiger charge is -2.01. The Morgan fingerprint density at radius 1 is 1.24 bits per heavy atom. The zero-order valence-electron chi connectivity index (χ0n) is 9.71. The van der Waals surface area contributed by atoms with Crippen molar-refractivity contribution in [2.45, 2.75) is 0 Å². The number of carbonyl (C=O) groups is 1. The van der Waals surface area contributed by atoms with Gasteiger partial charge in [-0.25, -0.2) is 0 Å². The van der Waals surface area contributed by atoms with Crippen molar-refractivity contribution in [1.29, 1.82) is 0 Å². The summed E-state index contributed by atoms with van der Waals surface area (Å²) in [6.45, 7) is 0. The molecule has 0 aliphatic rings. The number of nitrogens with zero attached hydrogens (tertiary/aromatic N) is 1. The van der Waals surface area contributed by atoms with Gasteiger partial charge in [-0.1, -0.05) is 6.07 Å². The van der Waals surface area contributed by atoms with E-state index in [-0.39, 0.29) is 5.78 Å². The quantitative estimate of drug-likeness (QED) is 0.619. The summed E-state index contributed by atoms with van der Waals surface area (Å²) in [6.07, 6.45) is 3.37. The van der Waals surface area contributed by atoms with E-state index in [1.54, 1.807) is 34.9 Å². The number of ketones is 1. The average molecular weight is 263 g/mol. The van der Waals surface area contributed by atoms with Crippen LogP contribution in [0.15, 0.2) is 41.9 Å². The maximum absolute atomic E-state index is 11.8. The third-order valence-corrected chi connectivity index (χ3v) is 4.30. The molecule has 0 spiro atoms. The molecule has 0 aliphatic heterocycles. The second-order valence-electron chi connectivity index (χ2n) is 3.78. The van der Waals surface area contributed by atoms with E-state index in [1.807, 2.05) is 42.6 Å². The minimum atomic E-state index is 0.0616. The molecule has 0 aliphatic carbocycles. The molecular formula is C13H13NOS2. The first-order chi connectivity index (χ1) is 8.16. The molecule has 2 nitrogen and oxygen atoms in total. The maximum atomic E-state index is 11.8. The molecule has 0 bridgehead atoms.